The van der Waals surface area contributed by atoms with Crippen LogP contribution in [0.2, 0.25) is 0 Å². The van der Waals surface area contributed by atoms with Crippen LogP contribution in [0, 0.1) is 5.82 Å². The molecule has 0 unspecified atom stereocenters. The third-order valence-corrected chi connectivity index (χ3v) is 4.58. The van der Waals surface area contributed by atoms with E-state index in [0.717, 1.165) is 24.2 Å². The first-order valence-corrected chi connectivity index (χ1v) is 8.59. The van der Waals surface area contributed by atoms with Gasteiger partial charge in [0.2, 0.25) is 0 Å². The number of hydrogen-bond acceptors (Lipinski definition) is 4. The van der Waals surface area contributed by atoms with Crippen molar-refractivity contribution >= 4 is 5.91 Å². The Hall–Kier alpha value is -3.09. The highest BCUT2D eigenvalue weighted by atomic mass is 19.1. The van der Waals surface area contributed by atoms with Crippen molar-refractivity contribution < 1.29 is 9.18 Å². The second-order valence-corrected chi connectivity index (χ2v) is 6.36. The number of carbonyl (C=O) groups excluding carboxylic acids is 1. The molecule has 1 aromatic carbocycles. The van der Waals surface area contributed by atoms with E-state index in [1.54, 1.807) is 30.5 Å². The molecule has 1 amide bonds. The predicted octanol–water partition coefficient (Wildman–Crippen LogP) is 3.03. The number of nitrogens with one attached hydrogen (secondary N) is 1. The van der Waals surface area contributed by atoms with E-state index in [4.69, 9.17) is 0 Å². The molecular formula is C19H18FN5O. The van der Waals surface area contributed by atoms with Gasteiger partial charge in [0.15, 0.2) is 5.82 Å². The van der Waals surface area contributed by atoms with E-state index in [9.17, 15) is 9.18 Å². The zero-order valence-corrected chi connectivity index (χ0v) is 14.1. The molecule has 26 heavy (non-hydrogen) atoms. The van der Waals surface area contributed by atoms with Gasteiger partial charge >= 0.3 is 0 Å². The van der Waals surface area contributed by atoms with Crippen LogP contribution < -0.4 is 0 Å². The Morgan fingerprint density at radius 3 is 2.81 bits per heavy atom. The second kappa shape index (κ2) is 7.03. The maximum Gasteiger partial charge on any atom is 0.272 e. The maximum absolute atomic E-state index is 13.1. The lowest BCUT2D eigenvalue weighted by Gasteiger charge is -2.31. The van der Waals surface area contributed by atoms with Gasteiger partial charge in [-0.3, -0.25) is 14.9 Å². The number of piperidine rings is 1. The van der Waals surface area contributed by atoms with Crippen LogP contribution in [0.3, 0.4) is 0 Å². The van der Waals surface area contributed by atoms with Crippen LogP contribution in [0.1, 0.15) is 35.1 Å². The summed E-state index contributed by atoms with van der Waals surface area (Å²) < 4.78 is 13.1. The van der Waals surface area contributed by atoms with Gasteiger partial charge < -0.3 is 4.90 Å². The summed E-state index contributed by atoms with van der Waals surface area (Å²) in [6, 6.07) is 11.4. The Morgan fingerprint density at radius 1 is 1.19 bits per heavy atom. The van der Waals surface area contributed by atoms with Gasteiger partial charge in [0, 0.05) is 30.8 Å². The molecule has 1 fully saturated rings. The number of nitrogens with zero attached hydrogens (tertiary/aromatic N) is 4. The van der Waals surface area contributed by atoms with Crippen molar-refractivity contribution in [2.75, 3.05) is 13.1 Å². The molecule has 0 aliphatic carbocycles. The van der Waals surface area contributed by atoms with Crippen LogP contribution in [0.5, 0.6) is 0 Å². The average molecular weight is 351 g/mol. The summed E-state index contributed by atoms with van der Waals surface area (Å²) in [7, 11) is 0. The van der Waals surface area contributed by atoms with Crippen molar-refractivity contribution in [3.8, 4) is 11.4 Å². The number of benzene rings is 1. The molecule has 0 saturated carbocycles. The van der Waals surface area contributed by atoms with Crippen LogP contribution in [-0.2, 0) is 0 Å². The van der Waals surface area contributed by atoms with E-state index in [-0.39, 0.29) is 17.6 Å². The number of pyridine rings is 1. The van der Waals surface area contributed by atoms with Crippen molar-refractivity contribution in [2.45, 2.75) is 18.8 Å². The Balaban J connectivity index is 1.50. The molecule has 1 aliphatic heterocycles. The summed E-state index contributed by atoms with van der Waals surface area (Å²) in [4.78, 5) is 23.1. The first-order chi connectivity index (χ1) is 12.7. The summed E-state index contributed by atoms with van der Waals surface area (Å²) in [5, 5.41) is 7.22. The minimum absolute atomic E-state index is 0.0615. The lowest BCUT2D eigenvalue weighted by molar-refractivity contribution is 0.0698. The monoisotopic (exact) mass is 351 g/mol. The van der Waals surface area contributed by atoms with E-state index in [0.29, 0.717) is 24.6 Å². The van der Waals surface area contributed by atoms with Gasteiger partial charge in [-0.15, -0.1) is 0 Å². The first-order valence-electron chi connectivity index (χ1n) is 8.59. The number of likely N-dealkylation sites (tertiary alicyclic amines) is 1. The smallest absolute Gasteiger partial charge is 0.272 e. The molecule has 3 aromatic rings. The topological polar surface area (TPSA) is 74.8 Å². The van der Waals surface area contributed by atoms with Gasteiger partial charge in [-0.05, 0) is 49.2 Å². The Bertz CT molecular complexity index is 894. The molecule has 132 valence electrons. The van der Waals surface area contributed by atoms with Gasteiger partial charge in [-0.1, -0.05) is 6.07 Å². The molecule has 1 atom stereocenters. The largest absolute Gasteiger partial charge is 0.337 e. The molecule has 3 heterocycles. The first kappa shape index (κ1) is 16.4. The van der Waals surface area contributed by atoms with Gasteiger partial charge in [0.05, 0.1) is 0 Å². The zero-order valence-electron chi connectivity index (χ0n) is 14.1. The van der Waals surface area contributed by atoms with Crippen molar-refractivity contribution in [2.24, 2.45) is 0 Å². The Morgan fingerprint density at radius 2 is 2.04 bits per heavy atom. The van der Waals surface area contributed by atoms with Gasteiger partial charge in [0.1, 0.15) is 17.3 Å². The number of H-pyrrole nitrogens is 1. The van der Waals surface area contributed by atoms with E-state index in [2.05, 4.69) is 20.2 Å². The molecule has 7 heteroatoms. The van der Waals surface area contributed by atoms with Crippen LogP contribution in [-0.4, -0.2) is 44.1 Å². The van der Waals surface area contributed by atoms with Crippen molar-refractivity contribution in [1.29, 1.82) is 0 Å². The minimum atomic E-state index is -0.291. The molecule has 0 radical (unpaired) electrons. The van der Waals surface area contributed by atoms with Crippen LogP contribution in [0.25, 0.3) is 11.4 Å². The molecule has 1 saturated heterocycles. The highest BCUT2D eigenvalue weighted by molar-refractivity contribution is 5.92. The number of halogens is 1. The highest BCUT2D eigenvalue weighted by Crippen LogP contribution is 2.26. The minimum Gasteiger partial charge on any atom is -0.337 e. The van der Waals surface area contributed by atoms with E-state index >= 15 is 0 Å². The summed E-state index contributed by atoms with van der Waals surface area (Å²) >= 11 is 0. The van der Waals surface area contributed by atoms with E-state index in [1.807, 2.05) is 11.0 Å². The second-order valence-electron chi connectivity index (χ2n) is 6.36. The van der Waals surface area contributed by atoms with Gasteiger partial charge in [-0.2, -0.15) is 5.10 Å². The molecule has 0 spiro atoms. The number of aromatic nitrogens is 4. The number of rotatable bonds is 3. The molecule has 0 bridgehead atoms. The molecule has 1 N–H and O–H groups in total. The standard InChI is InChI=1S/C19H18FN5O/c20-15-8-6-13(7-9-15)17-22-18(24-23-17)14-4-3-11-25(12-14)19(26)16-5-1-2-10-21-16/h1-2,5-10,14H,3-4,11-12H2,(H,22,23,24)/t14-/m1/s1. The molecule has 1 aliphatic rings. The fourth-order valence-corrected chi connectivity index (χ4v) is 3.22. The third kappa shape index (κ3) is 3.33. The van der Waals surface area contributed by atoms with Crippen LogP contribution in [0.4, 0.5) is 4.39 Å². The summed E-state index contributed by atoms with van der Waals surface area (Å²) in [5.74, 6) is 1.03. The normalized spacial score (nSPS) is 17.3. The third-order valence-electron chi connectivity index (χ3n) is 4.58. The van der Waals surface area contributed by atoms with Crippen LogP contribution >= 0.6 is 0 Å². The average Bonchev–Trinajstić information content (AvgIpc) is 3.19. The lowest BCUT2D eigenvalue weighted by Crippen LogP contribution is -2.39. The van der Waals surface area contributed by atoms with Crippen molar-refractivity contribution in [3.63, 3.8) is 0 Å². The lowest BCUT2D eigenvalue weighted by atomic mass is 9.97. The number of hydrogen-bond donors (Lipinski definition) is 1. The zero-order chi connectivity index (χ0) is 17.9. The fraction of sp³-hybridized carbons (Fsp3) is 0.263. The molecule has 6 nitrogen and oxygen atoms in total. The molecule has 2 aromatic heterocycles. The number of carbonyl (C=O) groups is 1. The molecular weight excluding hydrogens is 333 g/mol. The highest BCUT2D eigenvalue weighted by Gasteiger charge is 2.28. The van der Waals surface area contributed by atoms with E-state index in [1.165, 1.54) is 12.1 Å². The van der Waals surface area contributed by atoms with Crippen LogP contribution in [0.15, 0.2) is 48.7 Å². The number of aromatic amines is 1. The number of amides is 1. The predicted molar refractivity (Wildman–Crippen MR) is 93.9 cm³/mol. The quantitative estimate of drug-likeness (QED) is 0.787. The Labute approximate surface area is 150 Å². The summed E-state index contributed by atoms with van der Waals surface area (Å²) in [6.45, 7) is 1.29. The van der Waals surface area contributed by atoms with Crippen molar-refractivity contribution in [1.82, 2.24) is 25.1 Å². The van der Waals surface area contributed by atoms with Crippen molar-refractivity contribution in [3.05, 3.63) is 66.0 Å². The summed E-state index contributed by atoms with van der Waals surface area (Å²) in [6.07, 6.45) is 3.46. The summed E-state index contributed by atoms with van der Waals surface area (Å²) in [5.41, 5.74) is 1.21. The molecule has 4 rings (SSSR count). The Kier molecular flexibility index (Phi) is 4.43. The maximum atomic E-state index is 13.1. The van der Waals surface area contributed by atoms with E-state index < -0.39 is 0 Å². The fourth-order valence-electron chi connectivity index (χ4n) is 3.22. The van der Waals surface area contributed by atoms with Gasteiger partial charge in [0.25, 0.3) is 5.91 Å². The van der Waals surface area contributed by atoms with Gasteiger partial charge in [-0.25, -0.2) is 9.37 Å². The SMILES string of the molecule is O=C(c1ccccn1)N1CCC[C@@H](c2nc(-c3ccc(F)cc3)n[nH]2)C1.